The summed E-state index contributed by atoms with van der Waals surface area (Å²) < 4.78 is 19.5. The Bertz CT molecular complexity index is 1440. The number of nitrogens with two attached hydrogens (primary N) is 1. The third kappa shape index (κ3) is 5.27. The molecule has 1 saturated heterocycles. The number of rotatable bonds is 8. The monoisotopic (exact) mass is 596 g/mol. The minimum absolute atomic E-state index is 0.236. The molecule has 0 unspecified atom stereocenters. The number of anilines is 1. The molecule has 38 heavy (non-hydrogen) atoms. The van der Waals surface area contributed by atoms with Gasteiger partial charge in [0.25, 0.3) is 0 Å². The van der Waals surface area contributed by atoms with Crippen LogP contribution in [0.15, 0.2) is 57.3 Å². The number of nitrogen functional groups attached to an aromatic ring is 1. The van der Waals surface area contributed by atoms with Crippen LogP contribution in [-0.2, 0) is 13.1 Å². The van der Waals surface area contributed by atoms with Crippen LogP contribution in [0.25, 0.3) is 11.2 Å². The number of aromatic nitrogens is 4. The van der Waals surface area contributed by atoms with Gasteiger partial charge in [0, 0.05) is 22.5 Å². The molecule has 0 radical (unpaired) electrons. The highest BCUT2D eigenvalue weighted by molar-refractivity contribution is 9.10. The Kier molecular flexibility index (Phi) is 7.31. The predicted octanol–water partition coefficient (Wildman–Crippen LogP) is 5.36. The van der Waals surface area contributed by atoms with Gasteiger partial charge in [-0.25, -0.2) is 15.0 Å². The normalized spacial score (nSPS) is 15.8. The quantitative estimate of drug-likeness (QED) is 0.288. The van der Waals surface area contributed by atoms with Gasteiger partial charge in [0.1, 0.15) is 17.6 Å². The highest BCUT2D eigenvalue weighted by Crippen LogP contribution is 2.43. The van der Waals surface area contributed by atoms with E-state index in [2.05, 4.69) is 47.5 Å². The molecule has 2 N–H and O–H groups in total. The summed E-state index contributed by atoms with van der Waals surface area (Å²) in [5.74, 6) is 3.46. The number of fused-ring (bicyclic) bond motifs is 2. The molecular weight excluding hydrogens is 568 g/mol. The third-order valence-electron chi connectivity index (χ3n) is 7.20. The van der Waals surface area contributed by atoms with Crippen molar-refractivity contribution < 1.29 is 14.2 Å². The summed E-state index contributed by atoms with van der Waals surface area (Å²) in [5, 5.41) is 0.837. The second-order valence-electron chi connectivity index (χ2n) is 9.57. The van der Waals surface area contributed by atoms with Gasteiger partial charge >= 0.3 is 0 Å². The van der Waals surface area contributed by atoms with Crippen LogP contribution < -0.4 is 19.9 Å². The van der Waals surface area contributed by atoms with Crippen LogP contribution in [0.2, 0.25) is 0 Å². The number of benzene rings is 2. The fourth-order valence-electron chi connectivity index (χ4n) is 5.06. The number of hydrogen-bond acceptors (Lipinski definition) is 9. The largest absolute Gasteiger partial charge is 0.497 e. The second-order valence-corrected chi connectivity index (χ2v) is 11.4. The minimum atomic E-state index is 0.236. The highest BCUT2D eigenvalue weighted by atomic mass is 79.9. The molecule has 0 saturated carbocycles. The maximum Gasteiger partial charge on any atom is 0.231 e. The van der Waals surface area contributed by atoms with Gasteiger partial charge in [-0.1, -0.05) is 23.9 Å². The summed E-state index contributed by atoms with van der Waals surface area (Å²) >= 11 is 5.23. The molecule has 6 rings (SSSR count). The number of imidazole rings is 1. The summed E-state index contributed by atoms with van der Waals surface area (Å²) in [6.07, 6.45) is 4.86. The smallest absolute Gasteiger partial charge is 0.231 e. The first-order chi connectivity index (χ1) is 18.6. The maximum atomic E-state index is 6.30. The van der Waals surface area contributed by atoms with Crippen molar-refractivity contribution in [1.29, 1.82) is 0 Å². The first kappa shape index (κ1) is 25.3. The first-order valence-electron chi connectivity index (χ1n) is 12.7. The van der Waals surface area contributed by atoms with Gasteiger partial charge in [0.2, 0.25) is 6.79 Å². The lowest BCUT2D eigenvalue weighted by Gasteiger charge is -2.32. The number of piperidine rings is 1. The molecule has 0 spiro atoms. The van der Waals surface area contributed by atoms with Gasteiger partial charge in [0.15, 0.2) is 28.1 Å². The van der Waals surface area contributed by atoms with Gasteiger partial charge in [-0.15, -0.1) is 0 Å². The van der Waals surface area contributed by atoms with E-state index in [1.165, 1.54) is 24.7 Å². The van der Waals surface area contributed by atoms with E-state index >= 15 is 0 Å². The lowest BCUT2D eigenvalue weighted by Crippen LogP contribution is -2.33. The van der Waals surface area contributed by atoms with E-state index in [9.17, 15) is 0 Å². The Hall–Kier alpha value is -3.02. The van der Waals surface area contributed by atoms with Gasteiger partial charge in [-0.3, -0.25) is 4.90 Å². The van der Waals surface area contributed by atoms with Crippen molar-refractivity contribution in [3.8, 4) is 17.2 Å². The SMILES string of the molecule is COc1ccc(CN2CCC(CCn3c(Sc4cc5c(cc4Br)OCO5)nc4ncnc(N)c43)CC2)cc1. The zero-order chi connectivity index (χ0) is 26.1. The number of hydrogen-bond donors (Lipinski definition) is 1. The number of ether oxygens (including phenoxy) is 3. The molecule has 4 heterocycles. The molecule has 0 amide bonds. The van der Waals surface area contributed by atoms with Crippen LogP contribution in [0.5, 0.6) is 17.2 Å². The van der Waals surface area contributed by atoms with E-state index in [1.807, 2.05) is 24.3 Å². The van der Waals surface area contributed by atoms with Gasteiger partial charge in [0.05, 0.1) is 7.11 Å². The molecule has 0 atom stereocenters. The molecule has 198 valence electrons. The van der Waals surface area contributed by atoms with Gasteiger partial charge < -0.3 is 24.5 Å². The molecule has 2 aliphatic heterocycles. The van der Waals surface area contributed by atoms with Crippen LogP contribution in [0, 0.1) is 5.92 Å². The van der Waals surface area contributed by atoms with Crippen LogP contribution in [0.3, 0.4) is 0 Å². The van der Waals surface area contributed by atoms with E-state index in [1.54, 1.807) is 18.9 Å². The lowest BCUT2D eigenvalue weighted by molar-refractivity contribution is 0.169. The average molecular weight is 598 g/mol. The van der Waals surface area contributed by atoms with Crippen molar-refractivity contribution in [3.63, 3.8) is 0 Å². The molecule has 0 aliphatic carbocycles. The molecule has 9 nitrogen and oxygen atoms in total. The zero-order valence-corrected chi connectivity index (χ0v) is 23.5. The summed E-state index contributed by atoms with van der Waals surface area (Å²) in [6, 6.07) is 12.3. The first-order valence-corrected chi connectivity index (χ1v) is 14.3. The van der Waals surface area contributed by atoms with Crippen molar-refractivity contribution >= 4 is 44.7 Å². The van der Waals surface area contributed by atoms with E-state index in [0.717, 1.165) is 69.9 Å². The Morgan fingerprint density at radius 1 is 1.11 bits per heavy atom. The number of halogens is 1. The summed E-state index contributed by atoms with van der Waals surface area (Å²) in [5.41, 5.74) is 9.04. The molecule has 0 bridgehead atoms. The van der Waals surface area contributed by atoms with Crippen molar-refractivity contribution in [3.05, 3.63) is 52.8 Å². The topological polar surface area (TPSA) is 101 Å². The molecule has 2 aromatic heterocycles. The van der Waals surface area contributed by atoms with Crippen LogP contribution in [0.4, 0.5) is 5.82 Å². The molecule has 1 fully saturated rings. The number of methoxy groups -OCH3 is 1. The zero-order valence-electron chi connectivity index (χ0n) is 21.1. The molecule has 2 aliphatic rings. The molecular formula is C27H29BrN6O3S. The van der Waals surface area contributed by atoms with Crippen molar-refractivity contribution in [2.45, 2.75) is 42.4 Å². The number of nitrogens with zero attached hydrogens (tertiary/aromatic N) is 5. The van der Waals surface area contributed by atoms with E-state index in [0.29, 0.717) is 17.4 Å². The fourth-order valence-corrected chi connectivity index (χ4v) is 6.57. The van der Waals surface area contributed by atoms with Crippen LogP contribution >= 0.6 is 27.7 Å². The van der Waals surface area contributed by atoms with Gasteiger partial charge in [-0.05, 0) is 84.0 Å². The van der Waals surface area contributed by atoms with E-state index in [4.69, 9.17) is 24.9 Å². The average Bonchev–Trinajstić information content (AvgIpc) is 3.53. The standard InChI is InChI=1S/C27H29BrN6O3S/c1-35-19-4-2-18(3-5-19)14-33-9-6-17(7-10-33)8-11-34-24-25(29)30-15-31-26(24)32-27(34)38-23-13-22-21(12-20(23)28)36-16-37-22/h2-5,12-13,15,17H,6-11,14,16H2,1H3,(H2,29,30,31). The van der Waals surface area contributed by atoms with E-state index in [-0.39, 0.29) is 6.79 Å². The maximum absolute atomic E-state index is 6.30. The van der Waals surface area contributed by atoms with Crippen LogP contribution in [-0.4, -0.2) is 51.4 Å². The number of aryl methyl sites for hydroxylation is 1. The fraction of sp³-hybridized carbons (Fsp3) is 0.370. The predicted molar refractivity (Wildman–Crippen MR) is 150 cm³/mol. The Balaban J connectivity index is 1.14. The molecule has 11 heteroatoms. The highest BCUT2D eigenvalue weighted by Gasteiger charge is 2.23. The number of likely N-dealkylation sites (tertiary alicyclic amines) is 1. The molecule has 2 aromatic carbocycles. The lowest BCUT2D eigenvalue weighted by atomic mass is 9.93. The van der Waals surface area contributed by atoms with Gasteiger partial charge in [-0.2, -0.15) is 0 Å². The minimum Gasteiger partial charge on any atom is -0.497 e. The van der Waals surface area contributed by atoms with Crippen molar-refractivity contribution in [2.24, 2.45) is 5.92 Å². The van der Waals surface area contributed by atoms with Crippen molar-refractivity contribution in [1.82, 2.24) is 24.4 Å². The third-order valence-corrected chi connectivity index (χ3v) is 9.17. The summed E-state index contributed by atoms with van der Waals surface area (Å²) in [6.45, 7) is 4.21. The summed E-state index contributed by atoms with van der Waals surface area (Å²) in [7, 11) is 1.70. The Morgan fingerprint density at radius 2 is 1.87 bits per heavy atom. The van der Waals surface area contributed by atoms with Crippen LogP contribution in [0.1, 0.15) is 24.8 Å². The van der Waals surface area contributed by atoms with Crippen molar-refractivity contribution in [2.75, 3.05) is 32.7 Å². The Labute approximate surface area is 233 Å². The Morgan fingerprint density at radius 3 is 2.63 bits per heavy atom. The van der Waals surface area contributed by atoms with E-state index < -0.39 is 0 Å². The summed E-state index contributed by atoms with van der Waals surface area (Å²) in [4.78, 5) is 17.0. The second kappa shape index (κ2) is 11.0. The molecule has 4 aromatic rings.